The minimum Gasteiger partial charge on any atom is -0.382 e. The van der Waals surface area contributed by atoms with Crippen LogP contribution in [0.2, 0.25) is 0 Å². The van der Waals surface area contributed by atoms with Gasteiger partial charge in [0, 0.05) is 11.7 Å². The Morgan fingerprint density at radius 1 is 1.21 bits per heavy atom. The number of anilines is 1. The zero-order valence-corrected chi connectivity index (χ0v) is 11.7. The van der Waals surface area contributed by atoms with Gasteiger partial charge in [-0.05, 0) is 49.4 Å². The number of halogens is 2. The van der Waals surface area contributed by atoms with Gasteiger partial charge in [0.1, 0.15) is 0 Å². The summed E-state index contributed by atoms with van der Waals surface area (Å²) >= 11 is 0. The van der Waals surface area contributed by atoms with Crippen molar-refractivity contribution in [3.8, 4) is 0 Å². The lowest BCUT2D eigenvalue weighted by atomic mass is 10.0. The van der Waals surface area contributed by atoms with Gasteiger partial charge >= 0.3 is 5.76 Å². The summed E-state index contributed by atoms with van der Waals surface area (Å²) in [6.45, 7) is 4.25. The van der Waals surface area contributed by atoms with Crippen LogP contribution >= 0.6 is 0 Å². The molecule has 3 nitrogen and oxygen atoms in total. The molecule has 0 spiro atoms. The number of benzene rings is 1. The van der Waals surface area contributed by atoms with Crippen LogP contribution < -0.4 is 5.32 Å². The normalized spacial score (nSPS) is 19.2. The third-order valence-electron chi connectivity index (χ3n) is 3.88. The molecular formula is C13H17F2NO2S. The van der Waals surface area contributed by atoms with E-state index in [9.17, 15) is 17.2 Å². The molecule has 1 fully saturated rings. The fourth-order valence-corrected chi connectivity index (χ4v) is 2.62. The van der Waals surface area contributed by atoms with Crippen molar-refractivity contribution in [3.05, 3.63) is 24.3 Å². The molecule has 0 heterocycles. The van der Waals surface area contributed by atoms with E-state index in [4.69, 9.17) is 0 Å². The van der Waals surface area contributed by atoms with E-state index in [-0.39, 0.29) is 16.4 Å². The van der Waals surface area contributed by atoms with E-state index >= 15 is 0 Å². The fourth-order valence-electron chi connectivity index (χ4n) is 1.90. The van der Waals surface area contributed by atoms with Crippen molar-refractivity contribution in [1.82, 2.24) is 0 Å². The van der Waals surface area contributed by atoms with Gasteiger partial charge in [0.05, 0.1) is 4.90 Å². The van der Waals surface area contributed by atoms with Crippen LogP contribution in [-0.2, 0) is 9.84 Å². The second-order valence-electron chi connectivity index (χ2n) is 5.35. The highest BCUT2D eigenvalue weighted by Crippen LogP contribution is 2.48. The highest BCUT2D eigenvalue weighted by molar-refractivity contribution is 7.91. The third kappa shape index (κ3) is 2.88. The average molecular weight is 289 g/mol. The molecule has 1 aliphatic carbocycles. The van der Waals surface area contributed by atoms with Crippen LogP contribution in [0.15, 0.2) is 29.2 Å². The maximum atomic E-state index is 12.4. The lowest BCUT2D eigenvalue weighted by molar-refractivity contribution is 0.234. The van der Waals surface area contributed by atoms with Crippen LogP contribution in [0.4, 0.5) is 14.5 Å². The monoisotopic (exact) mass is 289 g/mol. The Bertz CT molecular complexity index is 551. The molecule has 2 rings (SSSR count). The van der Waals surface area contributed by atoms with Gasteiger partial charge in [-0.2, -0.15) is 8.78 Å². The Morgan fingerprint density at radius 3 is 2.16 bits per heavy atom. The molecule has 19 heavy (non-hydrogen) atoms. The SMILES string of the molecule is CC(Nc1ccc(S(=O)(=O)C(F)F)cc1)C1(C)CC1. The van der Waals surface area contributed by atoms with Crippen LogP contribution in [0.25, 0.3) is 0 Å². The standard InChI is InChI=1S/C13H17F2NO2S/c1-9(13(2)7-8-13)16-10-3-5-11(6-4-10)19(17,18)12(14)15/h3-6,9,12,16H,7-8H2,1-2H3. The number of rotatable bonds is 5. The number of sulfone groups is 1. The second-order valence-corrected chi connectivity index (χ2v) is 7.27. The molecule has 1 unspecified atom stereocenters. The Hall–Kier alpha value is -1.17. The Labute approximate surface area is 111 Å². The smallest absolute Gasteiger partial charge is 0.341 e. The van der Waals surface area contributed by atoms with Gasteiger partial charge in [-0.3, -0.25) is 0 Å². The molecule has 0 aliphatic heterocycles. The summed E-state index contributed by atoms with van der Waals surface area (Å²) in [5.41, 5.74) is 1.03. The van der Waals surface area contributed by atoms with Crippen molar-refractivity contribution in [2.75, 3.05) is 5.32 Å². The third-order valence-corrected chi connectivity index (χ3v) is 5.28. The van der Waals surface area contributed by atoms with E-state index in [0.29, 0.717) is 0 Å². The lowest BCUT2D eigenvalue weighted by Crippen LogP contribution is -2.24. The highest BCUT2D eigenvalue weighted by Gasteiger charge is 2.42. The molecule has 1 atom stereocenters. The minimum absolute atomic E-state index is 0.269. The van der Waals surface area contributed by atoms with E-state index in [2.05, 4.69) is 19.2 Å². The molecule has 1 aromatic carbocycles. The molecule has 0 radical (unpaired) electrons. The minimum atomic E-state index is -4.50. The zero-order chi connectivity index (χ0) is 14.3. The quantitative estimate of drug-likeness (QED) is 0.904. The van der Waals surface area contributed by atoms with E-state index in [1.165, 1.54) is 37.1 Å². The van der Waals surface area contributed by atoms with Crippen LogP contribution in [0.1, 0.15) is 26.7 Å². The first kappa shape index (κ1) is 14.2. The largest absolute Gasteiger partial charge is 0.382 e. The molecule has 1 saturated carbocycles. The Morgan fingerprint density at radius 2 is 1.74 bits per heavy atom. The zero-order valence-electron chi connectivity index (χ0n) is 10.9. The molecule has 0 saturated heterocycles. The van der Waals surface area contributed by atoms with E-state index in [1.54, 1.807) is 0 Å². The van der Waals surface area contributed by atoms with Gasteiger partial charge in [0.25, 0.3) is 0 Å². The van der Waals surface area contributed by atoms with Crippen LogP contribution in [0.3, 0.4) is 0 Å². The summed E-state index contributed by atoms with van der Waals surface area (Å²) < 4.78 is 47.3. The van der Waals surface area contributed by atoms with Gasteiger partial charge < -0.3 is 5.32 Å². The van der Waals surface area contributed by atoms with Gasteiger partial charge in [-0.15, -0.1) is 0 Å². The van der Waals surface area contributed by atoms with Crippen molar-refractivity contribution >= 4 is 15.5 Å². The summed E-state index contributed by atoms with van der Waals surface area (Å²) in [7, 11) is -4.50. The van der Waals surface area contributed by atoms with Gasteiger partial charge in [-0.25, -0.2) is 8.42 Å². The van der Waals surface area contributed by atoms with Gasteiger partial charge in [0.2, 0.25) is 9.84 Å². The Kier molecular flexibility index (Phi) is 3.55. The predicted molar refractivity (Wildman–Crippen MR) is 70.1 cm³/mol. The first-order valence-corrected chi connectivity index (χ1v) is 7.69. The van der Waals surface area contributed by atoms with Gasteiger partial charge in [-0.1, -0.05) is 6.92 Å². The average Bonchev–Trinajstić information content (AvgIpc) is 3.09. The molecule has 0 aromatic heterocycles. The number of nitrogens with one attached hydrogen (secondary N) is 1. The first-order chi connectivity index (χ1) is 8.75. The summed E-state index contributed by atoms with van der Waals surface area (Å²) in [6.07, 6.45) is 2.33. The number of hydrogen-bond acceptors (Lipinski definition) is 3. The number of hydrogen-bond donors (Lipinski definition) is 1. The molecule has 0 amide bonds. The van der Waals surface area contributed by atoms with Gasteiger partial charge in [0.15, 0.2) is 0 Å². The van der Waals surface area contributed by atoms with Crippen LogP contribution in [0.5, 0.6) is 0 Å². The van der Waals surface area contributed by atoms with Crippen molar-refractivity contribution < 1.29 is 17.2 Å². The van der Waals surface area contributed by atoms with Crippen LogP contribution in [0, 0.1) is 5.41 Å². The predicted octanol–water partition coefficient (Wildman–Crippen LogP) is 3.28. The molecule has 6 heteroatoms. The maximum Gasteiger partial charge on any atom is 0.341 e. The van der Waals surface area contributed by atoms with E-state index in [0.717, 1.165) is 5.69 Å². The molecule has 1 aliphatic rings. The molecule has 1 N–H and O–H groups in total. The highest BCUT2D eigenvalue weighted by atomic mass is 32.2. The summed E-state index contributed by atoms with van der Waals surface area (Å²) in [5.74, 6) is -3.38. The summed E-state index contributed by atoms with van der Waals surface area (Å²) in [6, 6.07) is 5.75. The van der Waals surface area contributed by atoms with Crippen molar-refractivity contribution in [3.63, 3.8) is 0 Å². The summed E-state index contributed by atoms with van der Waals surface area (Å²) in [5, 5.41) is 3.27. The fraction of sp³-hybridized carbons (Fsp3) is 0.538. The topological polar surface area (TPSA) is 46.2 Å². The molecular weight excluding hydrogens is 272 g/mol. The second kappa shape index (κ2) is 4.74. The first-order valence-electron chi connectivity index (χ1n) is 6.14. The lowest BCUT2D eigenvalue weighted by Gasteiger charge is -2.21. The van der Waals surface area contributed by atoms with Crippen molar-refractivity contribution in [1.29, 1.82) is 0 Å². The molecule has 0 bridgehead atoms. The number of alkyl halides is 2. The maximum absolute atomic E-state index is 12.4. The van der Waals surface area contributed by atoms with E-state index < -0.39 is 15.6 Å². The van der Waals surface area contributed by atoms with E-state index in [1.807, 2.05) is 0 Å². The van der Waals surface area contributed by atoms with Crippen molar-refractivity contribution in [2.24, 2.45) is 5.41 Å². The molecule has 1 aromatic rings. The summed E-state index contributed by atoms with van der Waals surface area (Å²) in [4.78, 5) is -0.349. The van der Waals surface area contributed by atoms with Crippen molar-refractivity contribution in [2.45, 2.75) is 43.4 Å². The Balaban J connectivity index is 2.11. The van der Waals surface area contributed by atoms with Crippen LogP contribution in [-0.4, -0.2) is 20.2 Å². The molecule has 106 valence electrons.